The first-order valence-electron chi connectivity index (χ1n) is 8.87. The molecule has 1 unspecified atom stereocenters. The van der Waals surface area contributed by atoms with Crippen LogP contribution in [-0.4, -0.2) is 22.2 Å². The van der Waals surface area contributed by atoms with Crippen LogP contribution in [0.15, 0.2) is 48.5 Å². The normalized spacial score (nSPS) is 12.9. The Hall–Kier alpha value is -2.41. The summed E-state index contributed by atoms with van der Waals surface area (Å²) >= 11 is 0. The lowest BCUT2D eigenvalue weighted by atomic mass is 10.2. The van der Waals surface area contributed by atoms with Gasteiger partial charge in [-0.15, -0.1) is 0 Å². The molecule has 1 atom stereocenters. The molecule has 0 aliphatic rings. The Morgan fingerprint density at radius 3 is 2.11 bits per heavy atom. The molecule has 152 valence electrons. The highest BCUT2D eigenvalue weighted by Gasteiger charge is 2.39. The van der Waals surface area contributed by atoms with Crippen molar-refractivity contribution in [1.29, 1.82) is 0 Å². The number of nitro groups is 1. The van der Waals surface area contributed by atoms with Gasteiger partial charge in [0, 0.05) is 17.8 Å². The van der Waals surface area contributed by atoms with E-state index in [1.807, 2.05) is 0 Å². The molecule has 0 bridgehead atoms. The van der Waals surface area contributed by atoms with Crippen LogP contribution in [0, 0.1) is 10.1 Å². The van der Waals surface area contributed by atoms with Gasteiger partial charge in [-0.2, -0.15) is 0 Å². The van der Waals surface area contributed by atoms with E-state index in [4.69, 9.17) is 9.05 Å². The summed E-state index contributed by atoms with van der Waals surface area (Å²) in [5.74, 6) is -0.873. The summed E-state index contributed by atoms with van der Waals surface area (Å²) in [7, 11) is -3.75. The molecule has 0 saturated carbocycles. The van der Waals surface area contributed by atoms with Crippen molar-refractivity contribution in [2.24, 2.45) is 0 Å². The van der Waals surface area contributed by atoms with Gasteiger partial charge in [-0.1, -0.05) is 18.2 Å². The van der Waals surface area contributed by atoms with E-state index in [-0.39, 0.29) is 23.6 Å². The molecule has 2 rings (SSSR count). The predicted octanol–water partition coefficient (Wildman–Crippen LogP) is 5.45. The van der Waals surface area contributed by atoms with Crippen molar-refractivity contribution in [2.75, 3.05) is 5.32 Å². The minimum absolute atomic E-state index is 0.0576. The average molecular weight is 408 g/mol. The maximum absolute atomic E-state index is 13.7. The number of hydrogen-bond donors (Lipinski definition) is 2. The van der Waals surface area contributed by atoms with Crippen molar-refractivity contribution in [3.05, 3.63) is 64.2 Å². The third-order valence-corrected chi connectivity index (χ3v) is 6.09. The standard InChI is InChI=1S/C19H25N2O6P/c1-13(2)26-28(25,27-14(3)4)19(15-8-10-18(22)11-9-15)20-16-6-5-7-17(12-16)21(23)24/h5-14,19-20,22H,1-4H3. The number of nitrogens with zero attached hydrogens (tertiary/aromatic N) is 1. The third-order valence-electron chi connectivity index (χ3n) is 3.60. The highest BCUT2D eigenvalue weighted by atomic mass is 31.2. The molecule has 0 fully saturated rings. The van der Waals surface area contributed by atoms with Gasteiger partial charge in [0.1, 0.15) is 5.75 Å². The fourth-order valence-electron chi connectivity index (χ4n) is 2.60. The summed E-state index contributed by atoms with van der Waals surface area (Å²) in [6, 6.07) is 12.0. The zero-order valence-electron chi connectivity index (χ0n) is 16.2. The average Bonchev–Trinajstić information content (AvgIpc) is 2.59. The topological polar surface area (TPSA) is 111 Å². The van der Waals surface area contributed by atoms with Crippen LogP contribution in [0.1, 0.15) is 39.0 Å². The monoisotopic (exact) mass is 408 g/mol. The lowest BCUT2D eigenvalue weighted by Gasteiger charge is -2.31. The first-order valence-corrected chi connectivity index (χ1v) is 10.5. The number of hydrogen-bond acceptors (Lipinski definition) is 7. The number of non-ortho nitro benzene ring substituents is 1. The van der Waals surface area contributed by atoms with Crippen LogP contribution in [0.3, 0.4) is 0 Å². The zero-order chi connectivity index (χ0) is 20.9. The van der Waals surface area contributed by atoms with Gasteiger partial charge < -0.3 is 19.5 Å². The van der Waals surface area contributed by atoms with Crippen molar-refractivity contribution in [1.82, 2.24) is 0 Å². The second-order valence-electron chi connectivity index (χ2n) is 6.79. The molecule has 0 radical (unpaired) electrons. The van der Waals surface area contributed by atoms with E-state index in [2.05, 4.69) is 5.32 Å². The van der Waals surface area contributed by atoms with Gasteiger partial charge in [-0.05, 0) is 51.5 Å². The largest absolute Gasteiger partial charge is 0.508 e. The van der Waals surface area contributed by atoms with Crippen LogP contribution in [0.5, 0.6) is 5.75 Å². The van der Waals surface area contributed by atoms with Crippen molar-refractivity contribution < 1.29 is 23.6 Å². The molecule has 0 heterocycles. The van der Waals surface area contributed by atoms with Crippen molar-refractivity contribution in [3.63, 3.8) is 0 Å². The number of rotatable bonds is 9. The van der Waals surface area contributed by atoms with E-state index in [0.29, 0.717) is 11.3 Å². The Morgan fingerprint density at radius 2 is 1.61 bits per heavy atom. The smallest absolute Gasteiger partial charge is 0.357 e. The van der Waals surface area contributed by atoms with Crippen LogP contribution >= 0.6 is 7.60 Å². The second-order valence-corrected chi connectivity index (χ2v) is 8.81. The molecule has 0 aromatic heterocycles. The summed E-state index contributed by atoms with van der Waals surface area (Å²) < 4.78 is 25.2. The fraction of sp³-hybridized carbons (Fsp3) is 0.368. The molecule has 0 aliphatic carbocycles. The number of phenolic OH excluding ortho intramolecular Hbond substituents is 1. The number of nitrogens with one attached hydrogen (secondary N) is 1. The zero-order valence-corrected chi connectivity index (χ0v) is 17.1. The minimum Gasteiger partial charge on any atom is -0.508 e. The Morgan fingerprint density at radius 1 is 1.04 bits per heavy atom. The first-order chi connectivity index (χ1) is 13.1. The van der Waals surface area contributed by atoms with Crippen LogP contribution in [0.2, 0.25) is 0 Å². The maximum Gasteiger partial charge on any atom is 0.357 e. The van der Waals surface area contributed by atoms with Crippen LogP contribution < -0.4 is 5.32 Å². The maximum atomic E-state index is 13.7. The van der Waals surface area contributed by atoms with Gasteiger partial charge in [-0.3, -0.25) is 14.7 Å². The number of phenols is 1. The summed E-state index contributed by atoms with van der Waals surface area (Å²) in [5, 5.41) is 23.7. The summed E-state index contributed by atoms with van der Waals surface area (Å²) in [6.45, 7) is 6.99. The molecular weight excluding hydrogens is 383 g/mol. The molecule has 8 nitrogen and oxygen atoms in total. The van der Waals surface area contributed by atoms with E-state index in [1.165, 1.54) is 30.3 Å². The molecule has 0 spiro atoms. The van der Waals surface area contributed by atoms with E-state index in [9.17, 15) is 19.8 Å². The minimum atomic E-state index is -3.75. The van der Waals surface area contributed by atoms with Gasteiger partial charge in [-0.25, -0.2) is 0 Å². The van der Waals surface area contributed by atoms with Crippen LogP contribution in [0.4, 0.5) is 11.4 Å². The molecule has 2 aromatic carbocycles. The molecule has 0 aliphatic heterocycles. The Balaban J connectivity index is 2.51. The molecule has 0 saturated heterocycles. The van der Waals surface area contributed by atoms with Crippen molar-refractivity contribution >= 4 is 19.0 Å². The molecule has 2 N–H and O–H groups in total. The summed E-state index contributed by atoms with van der Waals surface area (Å²) in [5.41, 5.74) is 0.847. The van der Waals surface area contributed by atoms with E-state index in [1.54, 1.807) is 45.9 Å². The number of aromatic hydroxyl groups is 1. The Labute approximate surface area is 164 Å². The van der Waals surface area contributed by atoms with Crippen LogP contribution in [-0.2, 0) is 13.6 Å². The highest BCUT2D eigenvalue weighted by molar-refractivity contribution is 7.54. The van der Waals surface area contributed by atoms with Gasteiger partial charge in [0.25, 0.3) is 5.69 Å². The van der Waals surface area contributed by atoms with Gasteiger partial charge >= 0.3 is 7.60 Å². The third kappa shape index (κ3) is 5.79. The molecule has 28 heavy (non-hydrogen) atoms. The quantitative estimate of drug-likeness (QED) is 0.322. The Bertz CT molecular complexity index is 840. The van der Waals surface area contributed by atoms with Crippen LogP contribution in [0.25, 0.3) is 0 Å². The number of nitro benzene ring substituents is 1. The number of benzene rings is 2. The Kier molecular flexibility index (Phi) is 7.18. The van der Waals surface area contributed by atoms with Gasteiger partial charge in [0.05, 0.1) is 17.1 Å². The summed E-state index contributed by atoms with van der Waals surface area (Å²) in [6.07, 6.45) is -0.757. The number of anilines is 1. The van der Waals surface area contributed by atoms with E-state index in [0.717, 1.165) is 0 Å². The lowest BCUT2D eigenvalue weighted by Crippen LogP contribution is -2.19. The fourth-order valence-corrected chi connectivity index (χ4v) is 4.92. The van der Waals surface area contributed by atoms with Gasteiger partial charge in [0.15, 0.2) is 5.78 Å². The second kappa shape index (κ2) is 9.19. The van der Waals surface area contributed by atoms with E-state index >= 15 is 0 Å². The van der Waals surface area contributed by atoms with Crippen molar-refractivity contribution in [2.45, 2.75) is 45.7 Å². The SMILES string of the molecule is CC(C)OP(=O)(OC(C)C)C(Nc1cccc([N+](=O)[O-])c1)c1ccc(O)cc1. The molecule has 0 amide bonds. The van der Waals surface area contributed by atoms with Gasteiger partial charge in [0.2, 0.25) is 0 Å². The highest BCUT2D eigenvalue weighted by Crippen LogP contribution is 2.62. The first kappa shape index (κ1) is 21.9. The predicted molar refractivity (Wildman–Crippen MR) is 108 cm³/mol. The molecule has 2 aromatic rings. The molecular formula is C19H25N2O6P. The lowest BCUT2D eigenvalue weighted by molar-refractivity contribution is -0.384. The molecule has 9 heteroatoms. The van der Waals surface area contributed by atoms with E-state index < -0.39 is 18.3 Å². The summed E-state index contributed by atoms with van der Waals surface area (Å²) in [4.78, 5) is 10.6. The van der Waals surface area contributed by atoms with Crippen molar-refractivity contribution in [3.8, 4) is 5.75 Å².